The summed E-state index contributed by atoms with van der Waals surface area (Å²) in [6.45, 7) is 0. The van der Waals surface area contributed by atoms with Crippen molar-refractivity contribution in [1.29, 1.82) is 0 Å². The summed E-state index contributed by atoms with van der Waals surface area (Å²) in [6, 6.07) is 52.3. The molecule has 0 bridgehead atoms. The second kappa shape index (κ2) is 9.48. The van der Waals surface area contributed by atoms with Crippen LogP contribution in [0.25, 0.3) is 44.5 Å². The van der Waals surface area contributed by atoms with Crippen LogP contribution >= 0.6 is 15.9 Å². The van der Waals surface area contributed by atoms with Crippen LogP contribution in [0.15, 0.2) is 150 Å². The highest BCUT2D eigenvalue weighted by Crippen LogP contribution is 2.51. The molecule has 1 aliphatic rings. The number of benzene rings is 6. The molecule has 0 aromatic heterocycles. The smallest absolute Gasteiger partial charge is 0.0541 e. The fourth-order valence-corrected chi connectivity index (χ4v) is 5.87. The maximum atomic E-state index is 3.74. The molecule has 0 N–H and O–H groups in total. The number of fused-ring (bicyclic) bond motifs is 5. The Kier molecular flexibility index (Phi) is 5.68. The number of hydrogen-bond acceptors (Lipinski definition) is 1. The maximum absolute atomic E-state index is 3.74. The molecule has 0 atom stereocenters. The molecule has 0 unspecified atom stereocenters. The van der Waals surface area contributed by atoms with Gasteiger partial charge in [-0.3, -0.25) is 0 Å². The van der Waals surface area contributed by atoms with E-state index in [9.17, 15) is 0 Å². The summed E-state index contributed by atoms with van der Waals surface area (Å²) in [6.07, 6.45) is 0. The van der Waals surface area contributed by atoms with Gasteiger partial charge in [0.2, 0.25) is 0 Å². The molecule has 1 heterocycles. The number of nitrogens with zero attached hydrogens (tertiary/aromatic N) is 1. The van der Waals surface area contributed by atoms with Crippen molar-refractivity contribution in [3.8, 4) is 44.5 Å². The van der Waals surface area contributed by atoms with E-state index in [1.165, 1.54) is 50.2 Å². The first-order chi connectivity index (χ1) is 18.8. The maximum Gasteiger partial charge on any atom is 0.0541 e. The summed E-state index contributed by atoms with van der Waals surface area (Å²) in [4.78, 5) is 2.43. The van der Waals surface area contributed by atoms with Crippen LogP contribution in [0.2, 0.25) is 0 Å². The van der Waals surface area contributed by atoms with E-state index in [0.717, 1.165) is 15.8 Å². The van der Waals surface area contributed by atoms with E-state index in [2.05, 4.69) is 166 Å². The Balaban J connectivity index is 1.55. The molecule has 0 spiro atoms. The molecule has 0 amide bonds. The average Bonchev–Trinajstić information content (AvgIpc) is 3.10. The Bertz CT molecular complexity index is 1720. The molecule has 0 aliphatic carbocycles. The highest BCUT2D eigenvalue weighted by atomic mass is 79.9. The van der Waals surface area contributed by atoms with Crippen molar-refractivity contribution in [2.75, 3.05) is 4.90 Å². The standard InChI is InChI=1S/C36H24BrN/c37-29-19-20-36-34(24-29)32-16-8-7-15-31(32)33-17-9-10-18-35(33)38(36)30-22-27(25-11-3-1-4-12-25)21-28(23-30)26-13-5-2-6-14-26/h1-24H. The van der Waals surface area contributed by atoms with Gasteiger partial charge in [-0.05, 0) is 75.8 Å². The first-order valence-corrected chi connectivity index (χ1v) is 13.6. The molecule has 2 heteroatoms. The molecule has 180 valence electrons. The van der Waals surface area contributed by atoms with E-state index in [1.54, 1.807) is 0 Å². The molecule has 0 radical (unpaired) electrons. The second-order valence-electron chi connectivity index (χ2n) is 9.56. The van der Waals surface area contributed by atoms with Crippen LogP contribution in [0.5, 0.6) is 0 Å². The van der Waals surface area contributed by atoms with Gasteiger partial charge in [0.05, 0.1) is 11.4 Å². The largest absolute Gasteiger partial charge is 0.309 e. The molecular formula is C36H24BrN. The van der Waals surface area contributed by atoms with Gasteiger partial charge in [0.15, 0.2) is 0 Å². The highest BCUT2D eigenvalue weighted by Gasteiger charge is 2.26. The van der Waals surface area contributed by atoms with Crippen LogP contribution in [0.1, 0.15) is 0 Å². The molecule has 7 rings (SSSR count). The lowest BCUT2D eigenvalue weighted by molar-refractivity contribution is 1.29. The summed E-state index contributed by atoms with van der Waals surface area (Å²) in [5.41, 5.74) is 13.2. The van der Waals surface area contributed by atoms with Crippen molar-refractivity contribution in [2.24, 2.45) is 0 Å². The topological polar surface area (TPSA) is 3.24 Å². The zero-order valence-corrected chi connectivity index (χ0v) is 22.3. The molecule has 38 heavy (non-hydrogen) atoms. The Morgan fingerprint density at radius 3 is 1.50 bits per heavy atom. The van der Waals surface area contributed by atoms with Gasteiger partial charge in [-0.15, -0.1) is 0 Å². The van der Waals surface area contributed by atoms with Crippen LogP contribution in [-0.2, 0) is 0 Å². The van der Waals surface area contributed by atoms with E-state index in [1.807, 2.05) is 0 Å². The van der Waals surface area contributed by atoms with Gasteiger partial charge in [-0.2, -0.15) is 0 Å². The zero-order valence-electron chi connectivity index (χ0n) is 20.7. The van der Waals surface area contributed by atoms with Crippen molar-refractivity contribution in [3.05, 3.63) is 150 Å². The molecular weight excluding hydrogens is 526 g/mol. The Labute approximate surface area is 231 Å². The van der Waals surface area contributed by atoms with Crippen LogP contribution in [0.3, 0.4) is 0 Å². The number of halogens is 1. The third kappa shape index (κ3) is 3.95. The van der Waals surface area contributed by atoms with Crippen molar-refractivity contribution in [2.45, 2.75) is 0 Å². The van der Waals surface area contributed by atoms with E-state index >= 15 is 0 Å². The minimum atomic E-state index is 1.07. The third-order valence-corrected chi connectivity index (χ3v) is 7.74. The van der Waals surface area contributed by atoms with Crippen molar-refractivity contribution in [1.82, 2.24) is 0 Å². The fraction of sp³-hybridized carbons (Fsp3) is 0. The van der Waals surface area contributed by atoms with Gasteiger partial charge < -0.3 is 4.90 Å². The summed E-state index contributed by atoms with van der Waals surface area (Å²) in [7, 11) is 0. The molecule has 0 saturated heterocycles. The fourth-order valence-electron chi connectivity index (χ4n) is 5.51. The lowest BCUT2D eigenvalue weighted by Crippen LogP contribution is -2.11. The van der Waals surface area contributed by atoms with Crippen molar-refractivity contribution < 1.29 is 0 Å². The molecule has 1 aliphatic heterocycles. The van der Waals surface area contributed by atoms with E-state index in [0.29, 0.717) is 0 Å². The molecule has 6 aromatic carbocycles. The van der Waals surface area contributed by atoms with Gasteiger partial charge >= 0.3 is 0 Å². The zero-order chi connectivity index (χ0) is 25.5. The summed E-state index contributed by atoms with van der Waals surface area (Å²) in [5, 5.41) is 0. The summed E-state index contributed by atoms with van der Waals surface area (Å²) >= 11 is 3.74. The van der Waals surface area contributed by atoms with Crippen LogP contribution in [0.4, 0.5) is 17.1 Å². The predicted octanol–water partition coefficient (Wildman–Crippen LogP) is 10.9. The summed E-state index contributed by atoms with van der Waals surface area (Å²) in [5.74, 6) is 0. The molecule has 6 aromatic rings. The minimum absolute atomic E-state index is 1.07. The van der Waals surface area contributed by atoms with Gasteiger partial charge in [0.25, 0.3) is 0 Å². The quantitative estimate of drug-likeness (QED) is 0.212. The molecule has 1 nitrogen and oxygen atoms in total. The summed E-state index contributed by atoms with van der Waals surface area (Å²) < 4.78 is 1.07. The van der Waals surface area contributed by atoms with E-state index < -0.39 is 0 Å². The van der Waals surface area contributed by atoms with Gasteiger partial charge in [-0.25, -0.2) is 0 Å². The Morgan fingerprint density at radius 1 is 0.368 bits per heavy atom. The number of anilines is 3. The van der Waals surface area contributed by atoms with Gasteiger partial charge in [0.1, 0.15) is 0 Å². The minimum Gasteiger partial charge on any atom is -0.309 e. The first kappa shape index (κ1) is 22.8. The van der Waals surface area contributed by atoms with Crippen LogP contribution < -0.4 is 4.90 Å². The van der Waals surface area contributed by atoms with Crippen LogP contribution in [0, 0.1) is 0 Å². The Morgan fingerprint density at radius 2 is 0.868 bits per heavy atom. The Hall–Kier alpha value is -4.40. The van der Waals surface area contributed by atoms with Gasteiger partial charge in [0, 0.05) is 21.3 Å². The monoisotopic (exact) mass is 549 g/mol. The van der Waals surface area contributed by atoms with Crippen molar-refractivity contribution >= 4 is 33.0 Å². The normalized spacial score (nSPS) is 11.8. The van der Waals surface area contributed by atoms with Crippen LogP contribution in [-0.4, -0.2) is 0 Å². The molecule has 0 fully saturated rings. The molecule has 0 saturated carbocycles. The third-order valence-electron chi connectivity index (χ3n) is 7.24. The van der Waals surface area contributed by atoms with Crippen molar-refractivity contribution in [3.63, 3.8) is 0 Å². The van der Waals surface area contributed by atoms with Gasteiger partial charge in [-0.1, -0.05) is 119 Å². The number of hydrogen-bond donors (Lipinski definition) is 0. The SMILES string of the molecule is Brc1ccc2c(c1)-c1ccccc1-c1ccccc1N2c1cc(-c2ccccc2)cc(-c2ccccc2)c1. The number of para-hydroxylation sites is 1. The highest BCUT2D eigenvalue weighted by molar-refractivity contribution is 9.10. The average molecular weight is 550 g/mol. The second-order valence-corrected chi connectivity index (χ2v) is 10.5. The van der Waals surface area contributed by atoms with E-state index in [4.69, 9.17) is 0 Å². The number of rotatable bonds is 3. The lowest BCUT2D eigenvalue weighted by Gasteiger charge is -2.28. The lowest BCUT2D eigenvalue weighted by atomic mass is 9.95. The van der Waals surface area contributed by atoms with E-state index in [-0.39, 0.29) is 0 Å². The first-order valence-electron chi connectivity index (χ1n) is 12.8. The predicted molar refractivity (Wildman–Crippen MR) is 164 cm³/mol.